The van der Waals surface area contributed by atoms with Crippen LogP contribution in [-0.2, 0) is 4.79 Å². The van der Waals surface area contributed by atoms with E-state index in [0.29, 0.717) is 11.7 Å². The van der Waals surface area contributed by atoms with E-state index < -0.39 is 0 Å². The second-order valence-corrected chi connectivity index (χ2v) is 4.35. The molecule has 2 atom stereocenters. The first-order valence-electron chi connectivity index (χ1n) is 4.96. The van der Waals surface area contributed by atoms with Crippen LogP contribution in [0.1, 0.15) is 25.7 Å². The standard InChI is InChI=1S/C10H17NO/c1-11-5-4-8-2-3-10(12)6-9(8)7-11/h8-9H,2-7H2,1H3. The summed E-state index contributed by atoms with van der Waals surface area (Å²) >= 11 is 0. The second kappa shape index (κ2) is 3.17. The van der Waals surface area contributed by atoms with Crippen molar-refractivity contribution in [3.05, 3.63) is 0 Å². The molecule has 1 aliphatic heterocycles. The molecular weight excluding hydrogens is 150 g/mol. The molecule has 1 aliphatic carbocycles. The first kappa shape index (κ1) is 8.24. The highest BCUT2D eigenvalue weighted by Crippen LogP contribution is 2.33. The third kappa shape index (κ3) is 1.53. The predicted molar refractivity (Wildman–Crippen MR) is 48.0 cm³/mol. The molecule has 0 spiro atoms. The number of hydrogen-bond donors (Lipinski definition) is 0. The fraction of sp³-hybridized carbons (Fsp3) is 0.900. The van der Waals surface area contributed by atoms with Crippen molar-refractivity contribution in [1.29, 1.82) is 0 Å². The quantitative estimate of drug-likeness (QED) is 0.542. The Hall–Kier alpha value is -0.370. The van der Waals surface area contributed by atoms with Gasteiger partial charge in [-0.3, -0.25) is 4.79 Å². The SMILES string of the molecule is CN1CCC2CCC(=O)CC2C1. The van der Waals surface area contributed by atoms with Gasteiger partial charge in [0.15, 0.2) is 0 Å². The maximum atomic E-state index is 11.2. The molecule has 0 aromatic carbocycles. The first-order valence-corrected chi connectivity index (χ1v) is 4.96. The fourth-order valence-electron chi connectivity index (χ4n) is 2.61. The number of fused-ring (bicyclic) bond motifs is 1. The number of ketones is 1. The highest BCUT2D eigenvalue weighted by atomic mass is 16.1. The van der Waals surface area contributed by atoms with Crippen molar-refractivity contribution in [2.24, 2.45) is 11.8 Å². The molecule has 0 amide bonds. The lowest BCUT2D eigenvalue weighted by molar-refractivity contribution is -0.123. The molecule has 2 aliphatic rings. The van der Waals surface area contributed by atoms with Crippen LogP contribution in [0.2, 0.25) is 0 Å². The first-order chi connectivity index (χ1) is 5.75. The van der Waals surface area contributed by atoms with Crippen LogP contribution in [0.5, 0.6) is 0 Å². The van der Waals surface area contributed by atoms with Crippen LogP contribution in [0, 0.1) is 11.8 Å². The van der Waals surface area contributed by atoms with E-state index in [9.17, 15) is 4.79 Å². The van der Waals surface area contributed by atoms with Gasteiger partial charge in [-0.05, 0) is 38.3 Å². The van der Waals surface area contributed by atoms with Crippen LogP contribution >= 0.6 is 0 Å². The van der Waals surface area contributed by atoms with Gasteiger partial charge in [-0.1, -0.05) is 0 Å². The van der Waals surface area contributed by atoms with E-state index in [2.05, 4.69) is 11.9 Å². The van der Waals surface area contributed by atoms with E-state index in [0.717, 1.165) is 31.7 Å². The lowest BCUT2D eigenvalue weighted by Crippen LogP contribution is -2.41. The topological polar surface area (TPSA) is 20.3 Å². The van der Waals surface area contributed by atoms with Gasteiger partial charge >= 0.3 is 0 Å². The van der Waals surface area contributed by atoms with Gasteiger partial charge < -0.3 is 4.90 Å². The monoisotopic (exact) mass is 167 g/mol. The molecule has 0 bridgehead atoms. The number of carbonyl (C=O) groups excluding carboxylic acids is 1. The van der Waals surface area contributed by atoms with Crippen LogP contribution in [0.4, 0.5) is 0 Å². The van der Waals surface area contributed by atoms with Crippen molar-refractivity contribution in [2.75, 3.05) is 20.1 Å². The van der Waals surface area contributed by atoms with Gasteiger partial charge in [0.25, 0.3) is 0 Å². The average molecular weight is 167 g/mol. The summed E-state index contributed by atoms with van der Waals surface area (Å²) in [5.41, 5.74) is 0. The molecule has 1 heterocycles. The van der Waals surface area contributed by atoms with Crippen LogP contribution in [-0.4, -0.2) is 30.8 Å². The number of rotatable bonds is 0. The summed E-state index contributed by atoms with van der Waals surface area (Å²) in [7, 11) is 2.16. The maximum absolute atomic E-state index is 11.2. The molecule has 1 saturated carbocycles. The molecular formula is C10H17NO. The summed E-state index contributed by atoms with van der Waals surface area (Å²) in [5.74, 6) is 2.04. The minimum atomic E-state index is 0.492. The Balaban J connectivity index is 1.99. The van der Waals surface area contributed by atoms with Crippen molar-refractivity contribution in [3.63, 3.8) is 0 Å². The van der Waals surface area contributed by atoms with Gasteiger partial charge in [-0.15, -0.1) is 0 Å². The molecule has 2 rings (SSSR count). The van der Waals surface area contributed by atoms with Crippen LogP contribution in [0.3, 0.4) is 0 Å². The third-order valence-electron chi connectivity index (χ3n) is 3.38. The van der Waals surface area contributed by atoms with Crippen LogP contribution in [0.15, 0.2) is 0 Å². The van der Waals surface area contributed by atoms with E-state index >= 15 is 0 Å². The summed E-state index contributed by atoms with van der Waals surface area (Å²) in [6.07, 6.45) is 4.19. The van der Waals surface area contributed by atoms with Crippen LogP contribution < -0.4 is 0 Å². The predicted octanol–water partition coefficient (Wildman–Crippen LogP) is 1.31. The van der Waals surface area contributed by atoms with Crippen LogP contribution in [0.25, 0.3) is 0 Å². The molecule has 2 heteroatoms. The Bertz CT molecular complexity index is 190. The fourth-order valence-corrected chi connectivity index (χ4v) is 2.61. The van der Waals surface area contributed by atoms with Crippen molar-refractivity contribution >= 4 is 5.78 Å². The molecule has 2 unspecified atom stereocenters. The van der Waals surface area contributed by atoms with E-state index in [1.54, 1.807) is 0 Å². The number of Topliss-reactive ketones (excluding diaryl/α,β-unsaturated/α-hetero) is 1. The maximum Gasteiger partial charge on any atom is 0.133 e. The summed E-state index contributed by atoms with van der Waals surface area (Å²) < 4.78 is 0. The molecule has 2 nitrogen and oxygen atoms in total. The van der Waals surface area contributed by atoms with Crippen molar-refractivity contribution in [2.45, 2.75) is 25.7 Å². The van der Waals surface area contributed by atoms with E-state index in [1.165, 1.54) is 13.0 Å². The third-order valence-corrected chi connectivity index (χ3v) is 3.38. The highest BCUT2D eigenvalue weighted by molar-refractivity contribution is 5.79. The summed E-state index contributed by atoms with van der Waals surface area (Å²) in [6.45, 7) is 2.38. The Morgan fingerprint density at radius 2 is 2.17 bits per heavy atom. The van der Waals surface area contributed by atoms with Gasteiger partial charge in [0, 0.05) is 19.4 Å². The van der Waals surface area contributed by atoms with Gasteiger partial charge in [0.2, 0.25) is 0 Å². The number of likely N-dealkylation sites (tertiary alicyclic amines) is 1. The Kier molecular flexibility index (Phi) is 2.18. The molecule has 0 N–H and O–H groups in total. The average Bonchev–Trinajstić information content (AvgIpc) is 2.03. The lowest BCUT2D eigenvalue weighted by atomic mass is 9.75. The zero-order chi connectivity index (χ0) is 8.55. The van der Waals surface area contributed by atoms with E-state index in [-0.39, 0.29) is 0 Å². The zero-order valence-corrected chi connectivity index (χ0v) is 7.75. The molecule has 2 fully saturated rings. The van der Waals surface area contributed by atoms with E-state index in [1.807, 2.05) is 0 Å². The van der Waals surface area contributed by atoms with Gasteiger partial charge in [-0.25, -0.2) is 0 Å². The number of hydrogen-bond acceptors (Lipinski definition) is 2. The molecule has 0 aromatic rings. The smallest absolute Gasteiger partial charge is 0.133 e. The normalized spacial score (nSPS) is 37.9. The van der Waals surface area contributed by atoms with Crippen molar-refractivity contribution in [3.8, 4) is 0 Å². The molecule has 1 saturated heterocycles. The molecule has 0 aromatic heterocycles. The zero-order valence-electron chi connectivity index (χ0n) is 7.75. The Labute approximate surface area is 73.9 Å². The summed E-state index contributed by atoms with van der Waals surface area (Å²) in [4.78, 5) is 13.6. The largest absolute Gasteiger partial charge is 0.306 e. The second-order valence-electron chi connectivity index (χ2n) is 4.35. The molecule has 12 heavy (non-hydrogen) atoms. The summed E-state index contributed by atoms with van der Waals surface area (Å²) in [5, 5.41) is 0. The number of piperidine rings is 1. The van der Waals surface area contributed by atoms with E-state index in [4.69, 9.17) is 0 Å². The van der Waals surface area contributed by atoms with Gasteiger partial charge in [0.05, 0.1) is 0 Å². The highest BCUT2D eigenvalue weighted by Gasteiger charge is 2.32. The molecule has 0 radical (unpaired) electrons. The molecule has 68 valence electrons. The number of carbonyl (C=O) groups is 1. The minimum Gasteiger partial charge on any atom is -0.306 e. The van der Waals surface area contributed by atoms with Gasteiger partial charge in [-0.2, -0.15) is 0 Å². The minimum absolute atomic E-state index is 0.492. The van der Waals surface area contributed by atoms with Crippen molar-refractivity contribution in [1.82, 2.24) is 4.90 Å². The van der Waals surface area contributed by atoms with Crippen molar-refractivity contribution < 1.29 is 4.79 Å². The van der Waals surface area contributed by atoms with Gasteiger partial charge in [0.1, 0.15) is 5.78 Å². The summed E-state index contributed by atoms with van der Waals surface area (Å²) in [6, 6.07) is 0. The Morgan fingerprint density at radius 3 is 3.00 bits per heavy atom. The number of nitrogens with zero attached hydrogens (tertiary/aromatic N) is 1. The lowest BCUT2D eigenvalue weighted by Gasteiger charge is -2.39. The Morgan fingerprint density at radius 1 is 1.33 bits per heavy atom.